The maximum absolute atomic E-state index is 13.2. The zero-order valence-electron chi connectivity index (χ0n) is 17.9. The van der Waals surface area contributed by atoms with Gasteiger partial charge in [0.15, 0.2) is 5.65 Å². The molecule has 32 heavy (non-hydrogen) atoms. The number of amides is 1. The molecule has 0 unspecified atom stereocenters. The Morgan fingerprint density at radius 1 is 1.28 bits per heavy atom. The molecule has 2 atom stereocenters. The number of hydrogen-bond donors (Lipinski definition) is 3. The van der Waals surface area contributed by atoms with Gasteiger partial charge in [-0.3, -0.25) is 0 Å². The molecule has 1 aliphatic heterocycles. The van der Waals surface area contributed by atoms with Crippen LogP contribution in [0.4, 0.5) is 22.0 Å². The van der Waals surface area contributed by atoms with Gasteiger partial charge in [-0.1, -0.05) is 12.1 Å². The molecule has 1 aliphatic rings. The minimum Gasteiger partial charge on any atom is -0.386 e. The van der Waals surface area contributed by atoms with Crippen LogP contribution < -0.4 is 16.0 Å². The van der Waals surface area contributed by atoms with E-state index in [9.17, 15) is 4.79 Å². The molecular formula is C21H23N9O2. The van der Waals surface area contributed by atoms with Crippen molar-refractivity contribution in [3.63, 3.8) is 0 Å². The van der Waals surface area contributed by atoms with Crippen molar-refractivity contribution in [1.29, 1.82) is 0 Å². The highest BCUT2D eigenvalue weighted by Gasteiger charge is 2.26. The van der Waals surface area contributed by atoms with Gasteiger partial charge in [0.2, 0.25) is 0 Å². The smallest absolute Gasteiger partial charge is 0.328 e. The topological polar surface area (TPSA) is 124 Å². The lowest BCUT2D eigenvalue weighted by Gasteiger charge is -2.24. The number of nitrogens with zero attached hydrogens (tertiary/aromatic N) is 6. The van der Waals surface area contributed by atoms with E-state index in [1.165, 1.54) is 15.7 Å². The highest BCUT2D eigenvalue weighted by atomic mass is 16.5. The van der Waals surface area contributed by atoms with Gasteiger partial charge in [-0.2, -0.15) is 15.0 Å². The number of nitrogens with one attached hydrogen (secondary N) is 3. The number of pyridine rings is 1. The molecule has 0 radical (unpaired) electrons. The molecular weight excluding hydrogens is 410 g/mol. The second kappa shape index (κ2) is 7.93. The number of aryl methyl sites for hydroxylation is 1. The number of rotatable bonds is 2. The number of carbonyl (C=O) groups is 1. The van der Waals surface area contributed by atoms with E-state index in [1.54, 1.807) is 13.2 Å². The van der Waals surface area contributed by atoms with E-state index < -0.39 is 12.1 Å². The van der Waals surface area contributed by atoms with Crippen LogP contribution in [0, 0.1) is 0 Å². The Morgan fingerprint density at radius 3 is 2.94 bits per heavy atom. The number of hydrogen-bond acceptors (Lipinski definition) is 8. The van der Waals surface area contributed by atoms with E-state index in [0.717, 1.165) is 16.9 Å². The zero-order chi connectivity index (χ0) is 22.2. The molecule has 1 amide bonds. The molecule has 3 N–H and O–H groups in total. The van der Waals surface area contributed by atoms with E-state index in [-0.39, 0.29) is 6.03 Å². The van der Waals surface area contributed by atoms with E-state index in [0.29, 0.717) is 29.3 Å². The third-order valence-corrected chi connectivity index (χ3v) is 5.34. The van der Waals surface area contributed by atoms with Crippen LogP contribution in [-0.2, 0) is 18.4 Å². The Balaban J connectivity index is 1.63. The van der Waals surface area contributed by atoms with Gasteiger partial charge < -0.3 is 20.7 Å². The van der Waals surface area contributed by atoms with Crippen LogP contribution in [0.2, 0.25) is 0 Å². The van der Waals surface area contributed by atoms with Crippen LogP contribution in [0.5, 0.6) is 0 Å². The Bertz CT molecular complexity index is 1300. The number of anilines is 3. The monoisotopic (exact) mass is 433 g/mol. The molecule has 4 aromatic rings. The van der Waals surface area contributed by atoms with Crippen molar-refractivity contribution in [2.24, 2.45) is 7.05 Å². The van der Waals surface area contributed by atoms with Crippen LogP contribution >= 0.6 is 0 Å². The molecule has 3 aromatic heterocycles. The average molecular weight is 433 g/mol. The summed E-state index contributed by atoms with van der Waals surface area (Å²) in [7, 11) is 3.55. The van der Waals surface area contributed by atoms with Crippen molar-refractivity contribution in [1.82, 2.24) is 34.8 Å². The van der Waals surface area contributed by atoms with Crippen LogP contribution in [0.3, 0.4) is 0 Å². The minimum atomic E-state index is -0.501. The first-order valence-corrected chi connectivity index (χ1v) is 10.2. The lowest BCUT2D eigenvalue weighted by molar-refractivity contribution is 0.0167. The molecule has 11 nitrogen and oxygen atoms in total. The van der Waals surface area contributed by atoms with Gasteiger partial charge in [0, 0.05) is 25.8 Å². The quantitative estimate of drug-likeness (QED) is 0.441. The fourth-order valence-electron chi connectivity index (χ4n) is 3.78. The van der Waals surface area contributed by atoms with Gasteiger partial charge in [0.05, 0.1) is 24.5 Å². The van der Waals surface area contributed by atoms with Gasteiger partial charge in [0.1, 0.15) is 29.5 Å². The van der Waals surface area contributed by atoms with Gasteiger partial charge >= 0.3 is 6.03 Å². The SMILES string of the molecule is CNc1cc2nc3c1ncn3C(=O)N[C@H](C)[C@H](c1cnn(C)n1)OCc1cccc(c1)N2. The molecule has 0 saturated heterocycles. The van der Waals surface area contributed by atoms with Crippen molar-refractivity contribution in [2.75, 3.05) is 17.7 Å². The molecule has 164 valence electrons. The number of ether oxygens (including phenoxy) is 1. The normalized spacial score (nSPS) is 18.8. The maximum atomic E-state index is 13.2. The number of fused-ring (bicyclic) bond motifs is 3. The molecule has 5 rings (SSSR count). The zero-order valence-corrected chi connectivity index (χ0v) is 17.9. The number of benzene rings is 1. The summed E-state index contributed by atoms with van der Waals surface area (Å²) in [5.41, 5.74) is 4.27. The summed E-state index contributed by atoms with van der Waals surface area (Å²) in [6.07, 6.45) is 2.61. The Hall–Kier alpha value is -3.99. The van der Waals surface area contributed by atoms with Gasteiger partial charge in [-0.15, -0.1) is 0 Å². The van der Waals surface area contributed by atoms with Gasteiger partial charge in [-0.25, -0.2) is 19.3 Å². The summed E-state index contributed by atoms with van der Waals surface area (Å²) in [6, 6.07) is 9.00. The van der Waals surface area contributed by atoms with Gasteiger partial charge in [0.25, 0.3) is 0 Å². The summed E-state index contributed by atoms with van der Waals surface area (Å²) in [4.78, 5) is 23.7. The second-order valence-electron chi connectivity index (χ2n) is 7.65. The van der Waals surface area contributed by atoms with Crippen molar-refractivity contribution in [3.8, 4) is 0 Å². The first-order valence-electron chi connectivity index (χ1n) is 10.2. The van der Waals surface area contributed by atoms with E-state index >= 15 is 0 Å². The fourth-order valence-corrected chi connectivity index (χ4v) is 3.78. The van der Waals surface area contributed by atoms with Crippen LogP contribution in [0.25, 0.3) is 11.2 Å². The number of imidazole rings is 1. The Morgan fingerprint density at radius 2 is 2.16 bits per heavy atom. The van der Waals surface area contributed by atoms with Crippen molar-refractivity contribution in [2.45, 2.75) is 25.7 Å². The van der Waals surface area contributed by atoms with Crippen LogP contribution in [0.1, 0.15) is 24.3 Å². The lowest BCUT2D eigenvalue weighted by atomic mass is 10.1. The minimum absolute atomic E-state index is 0.335. The largest absolute Gasteiger partial charge is 0.386 e. The first kappa shape index (κ1) is 19.9. The summed E-state index contributed by atoms with van der Waals surface area (Å²) in [5, 5.41) is 18.0. The van der Waals surface area contributed by atoms with E-state index in [4.69, 9.17) is 4.74 Å². The predicted molar refractivity (Wildman–Crippen MR) is 119 cm³/mol. The Kier molecular flexibility index (Phi) is 4.94. The lowest BCUT2D eigenvalue weighted by Crippen LogP contribution is -2.40. The standard InChI is InChI=1S/C21H23N9O2/c1-12-19(16-9-24-29(3)28-16)32-10-13-5-4-6-14(7-13)26-17-8-15(22-2)18-20(27-17)30(11-23-18)21(31)25-12/h4-9,11-12,19H,10H2,1-3H3,(H,25,31)(H2,22,26,27)/t12-,19-/m1/s1. The second-order valence-corrected chi connectivity index (χ2v) is 7.65. The molecule has 0 fully saturated rings. The van der Waals surface area contributed by atoms with E-state index in [2.05, 4.69) is 36.1 Å². The highest BCUT2D eigenvalue weighted by Crippen LogP contribution is 2.28. The molecule has 1 aromatic carbocycles. The molecule has 0 aliphatic carbocycles. The van der Waals surface area contributed by atoms with E-state index in [1.807, 2.05) is 44.3 Å². The van der Waals surface area contributed by atoms with Crippen molar-refractivity contribution >= 4 is 34.4 Å². The average Bonchev–Trinajstić information content (AvgIpc) is 3.39. The highest BCUT2D eigenvalue weighted by molar-refractivity contribution is 5.94. The summed E-state index contributed by atoms with van der Waals surface area (Å²) in [5.74, 6) is 0.594. The van der Waals surface area contributed by atoms with Crippen molar-refractivity contribution < 1.29 is 9.53 Å². The molecule has 11 heteroatoms. The van der Waals surface area contributed by atoms with Crippen LogP contribution in [0.15, 0.2) is 42.9 Å². The molecule has 4 heterocycles. The molecule has 4 bridgehead atoms. The summed E-state index contributed by atoms with van der Waals surface area (Å²) < 4.78 is 7.62. The fraction of sp³-hybridized carbons (Fsp3) is 0.286. The molecule has 0 saturated carbocycles. The predicted octanol–water partition coefficient (Wildman–Crippen LogP) is 2.56. The van der Waals surface area contributed by atoms with Crippen molar-refractivity contribution in [3.05, 3.63) is 54.1 Å². The number of carbonyl (C=O) groups excluding carboxylic acids is 1. The third-order valence-electron chi connectivity index (χ3n) is 5.34. The van der Waals surface area contributed by atoms with Crippen LogP contribution in [-0.4, -0.2) is 48.6 Å². The Labute approximate surface area is 183 Å². The first-order chi connectivity index (χ1) is 15.5. The van der Waals surface area contributed by atoms with Gasteiger partial charge in [-0.05, 0) is 24.6 Å². The maximum Gasteiger partial charge on any atom is 0.328 e. The molecule has 0 spiro atoms. The summed E-state index contributed by atoms with van der Waals surface area (Å²) >= 11 is 0. The number of aromatic nitrogens is 6. The third kappa shape index (κ3) is 3.62. The summed E-state index contributed by atoms with van der Waals surface area (Å²) in [6.45, 7) is 2.21.